The van der Waals surface area contributed by atoms with Crippen LogP contribution in [0.4, 0.5) is 5.82 Å². The average Bonchev–Trinajstić information content (AvgIpc) is 3.17. The Bertz CT molecular complexity index is 490. The second kappa shape index (κ2) is 4.19. The van der Waals surface area contributed by atoms with Gasteiger partial charge < -0.3 is 11.1 Å². The van der Waals surface area contributed by atoms with Gasteiger partial charge in [0.2, 0.25) is 0 Å². The Labute approximate surface area is 113 Å². The van der Waals surface area contributed by atoms with Crippen molar-refractivity contribution >= 4 is 23.0 Å². The third kappa shape index (κ3) is 2.09. The summed E-state index contributed by atoms with van der Waals surface area (Å²) in [5, 5.41) is 3.48. The van der Waals surface area contributed by atoms with E-state index in [1.807, 2.05) is 19.2 Å². The number of nitrogens with zero attached hydrogens (tertiary/aromatic N) is 1. The summed E-state index contributed by atoms with van der Waals surface area (Å²) in [5.74, 6) is 1.80. The van der Waals surface area contributed by atoms with E-state index >= 15 is 0 Å². The number of thiocarbonyl (C=S) groups is 1. The highest BCUT2D eigenvalue weighted by Crippen LogP contribution is 2.61. The van der Waals surface area contributed by atoms with Crippen molar-refractivity contribution in [2.75, 3.05) is 11.9 Å². The molecule has 2 aliphatic rings. The normalized spacial score (nSPS) is 20.5. The zero-order valence-electron chi connectivity index (χ0n) is 10.7. The van der Waals surface area contributed by atoms with Crippen LogP contribution in [0.5, 0.6) is 0 Å². The zero-order valence-corrected chi connectivity index (χ0v) is 11.5. The molecule has 0 atom stereocenters. The Morgan fingerprint density at radius 2 is 2.28 bits per heavy atom. The summed E-state index contributed by atoms with van der Waals surface area (Å²) < 4.78 is 0. The van der Waals surface area contributed by atoms with Crippen molar-refractivity contribution < 1.29 is 0 Å². The fourth-order valence-electron chi connectivity index (χ4n) is 2.85. The van der Waals surface area contributed by atoms with Gasteiger partial charge in [-0.15, -0.1) is 0 Å². The van der Waals surface area contributed by atoms with E-state index in [2.05, 4.69) is 10.3 Å². The van der Waals surface area contributed by atoms with Gasteiger partial charge in [-0.25, -0.2) is 4.98 Å². The second-order valence-electron chi connectivity index (χ2n) is 5.71. The zero-order chi connectivity index (χ0) is 12.8. The molecule has 3 nitrogen and oxygen atoms in total. The van der Waals surface area contributed by atoms with Crippen LogP contribution < -0.4 is 11.1 Å². The van der Waals surface area contributed by atoms with Gasteiger partial charge in [0.15, 0.2) is 0 Å². The van der Waals surface area contributed by atoms with Crippen molar-refractivity contribution in [3.63, 3.8) is 0 Å². The summed E-state index contributed by atoms with van der Waals surface area (Å²) in [4.78, 5) is 4.82. The summed E-state index contributed by atoms with van der Waals surface area (Å²) in [7, 11) is 0. The number of hydrogen-bond donors (Lipinski definition) is 2. The number of aryl methyl sites for hydroxylation is 1. The predicted octanol–water partition coefficient (Wildman–Crippen LogP) is 2.63. The van der Waals surface area contributed by atoms with Gasteiger partial charge in [-0.1, -0.05) is 12.2 Å². The topological polar surface area (TPSA) is 50.9 Å². The fraction of sp³-hybridized carbons (Fsp3) is 0.571. The third-order valence-corrected chi connectivity index (χ3v) is 4.55. The molecule has 2 saturated carbocycles. The predicted molar refractivity (Wildman–Crippen MR) is 77.7 cm³/mol. The van der Waals surface area contributed by atoms with E-state index in [9.17, 15) is 0 Å². The molecule has 0 unspecified atom stereocenters. The van der Waals surface area contributed by atoms with Crippen LogP contribution >= 0.6 is 12.2 Å². The van der Waals surface area contributed by atoms with Gasteiger partial charge in [0.1, 0.15) is 10.8 Å². The number of rotatable bonds is 5. The van der Waals surface area contributed by atoms with Crippen LogP contribution in [0.1, 0.15) is 36.8 Å². The molecule has 0 amide bonds. The van der Waals surface area contributed by atoms with E-state index in [1.54, 1.807) is 0 Å². The van der Waals surface area contributed by atoms with Gasteiger partial charge in [-0.3, -0.25) is 0 Å². The van der Waals surface area contributed by atoms with Gasteiger partial charge in [0.25, 0.3) is 0 Å². The van der Waals surface area contributed by atoms with Crippen LogP contribution in [-0.4, -0.2) is 16.5 Å². The van der Waals surface area contributed by atoms with E-state index in [0.29, 0.717) is 10.4 Å². The van der Waals surface area contributed by atoms with Gasteiger partial charge in [-0.05, 0) is 55.6 Å². The summed E-state index contributed by atoms with van der Waals surface area (Å²) in [6.45, 7) is 3.04. The minimum Gasteiger partial charge on any atom is -0.389 e. The highest BCUT2D eigenvalue weighted by molar-refractivity contribution is 7.80. The second-order valence-corrected chi connectivity index (χ2v) is 6.15. The Morgan fingerprint density at radius 3 is 2.83 bits per heavy atom. The highest BCUT2D eigenvalue weighted by Gasteiger charge is 2.53. The van der Waals surface area contributed by atoms with Crippen LogP contribution in [0.3, 0.4) is 0 Å². The number of pyridine rings is 1. The molecule has 1 aromatic rings. The van der Waals surface area contributed by atoms with Crippen molar-refractivity contribution in [3.8, 4) is 0 Å². The van der Waals surface area contributed by atoms with Crippen LogP contribution in [-0.2, 0) is 0 Å². The summed E-state index contributed by atoms with van der Waals surface area (Å²) in [5.41, 5.74) is 8.34. The maximum absolute atomic E-state index is 5.79. The molecule has 2 aliphatic carbocycles. The molecule has 0 aliphatic heterocycles. The largest absolute Gasteiger partial charge is 0.389 e. The van der Waals surface area contributed by atoms with Crippen molar-refractivity contribution in [2.24, 2.45) is 17.1 Å². The minimum absolute atomic E-state index is 0.430. The highest BCUT2D eigenvalue weighted by atomic mass is 32.1. The molecule has 0 radical (unpaired) electrons. The summed E-state index contributed by atoms with van der Waals surface area (Å²) in [6, 6.07) is 1.95. The fourth-order valence-corrected chi connectivity index (χ4v) is 3.11. The standard InChI is InChI=1S/C14H19N3S/c1-9-4-7-16-13(11(9)12(15)18)17-8-14(5-6-14)10-2-3-10/h4,7,10H,2-3,5-6,8H2,1H3,(H2,15,18)(H,16,17). The smallest absolute Gasteiger partial charge is 0.136 e. The maximum Gasteiger partial charge on any atom is 0.136 e. The van der Waals surface area contributed by atoms with Crippen molar-refractivity contribution in [1.29, 1.82) is 0 Å². The Balaban J connectivity index is 1.76. The lowest BCUT2D eigenvalue weighted by atomic mass is 10.0. The monoisotopic (exact) mass is 261 g/mol. The Morgan fingerprint density at radius 1 is 1.56 bits per heavy atom. The molecule has 1 aromatic heterocycles. The molecule has 0 aromatic carbocycles. The number of hydrogen-bond acceptors (Lipinski definition) is 3. The van der Waals surface area contributed by atoms with E-state index < -0.39 is 0 Å². The van der Waals surface area contributed by atoms with Gasteiger partial charge in [0, 0.05) is 12.7 Å². The average molecular weight is 261 g/mol. The van der Waals surface area contributed by atoms with E-state index in [4.69, 9.17) is 18.0 Å². The summed E-state index contributed by atoms with van der Waals surface area (Å²) >= 11 is 5.12. The van der Waals surface area contributed by atoms with Gasteiger partial charge in [0.05, 0.1) is 5.56 Å². The molecule has 18 heavy (non-hydrogen) atoms. The SMILES string of the molecule is Cc1ccnc(NCC2(C3CC3)CC2)c1C(N)=S. The molecule has 0 bridgehead atoms. The van der Waals surface area contributed by atoms with Gasteiger partial charge in [-0.2, -0.15) is 0 Å². The van der Waals surface area contributed by atoms with Crippen molar-refractivity contribution in [2.45, 2.75) is 32.6 Å². The first kappa shape index (κ1) is 11.9. The van der Waals surface area contributed by atoms with Crippen molar-refractivity contribution in [3.05, 3.63) is 23.4 Å². The molecular formula is C14H19N3S. The number of anilines is 1. The van der Waals surface area contributed by atoms with Crippen LogP contribution in [0.2, 0.25) is 0 Å². The molecule has 4 heteroatoms. The third-order valence-electron chi connectivity index (χ3n) is 4.35. The molecule has 1 heterocycles. The molecule has 3 N–H and O–H groups in total. The molecule has 0 saturated heterocycles. The van der Waals surface area contributed by atoms with Crippen LogP contribution in [0.15, 0.2) is 12.3 Å². The quantitative estimate of drug-likeness (QED) is 0.800. The molecule has 96 valence electrons. The van der Waals surface area contributed by atoms with E-state index in [0.717, 1.165) is 29.4 Å². The lowest BCUT2D eigenvalue weighted by Gasteiger charge is -2.18. The summed E-state index contributed by atoms with van der Waals surface area (Å²) in [6.07, 6.45) is 7.35. The van der Waals surface area contributed by atoms with Crippen LogP contribution in [0.25, 0.3) is 0 Å². The lowest BCUT2D eigenvalue weighted by Crippen LogP contribution is -2.21. The number of nitrogens with one attached hydrogen (secondary N) is 1. The molecular weight excluding hydrogens is 242 g/mol. The first-order valence-electron chi connectivity index (χ1n) is 6.62. The van der Waals surface area contributed by atoms with E-state index in [1.165, 1.54) is 25.7 Å². The Kier molecular flexibility index (Phi) is 2.77. The molecule has 2 fully saturated rings. The van der Waals surface area contributed by atoms with E-state index in [-0.39, 0.29) is 0 Å². The van der Waals surface area contributed by atoms with Crippen LogP contribution in [0, 0.1) is 18.3 Å². The lowest BCUT2D eigenvalue weighted by molar-refractivity contribution is 0.466. The molecule has 3 rings (SSSR count). The first-order valence-corrected chi connectivity index (χ1v) is 7.02. The maximum atomic E-state index is 5.79. The number of aromatic nitrogens is 1. The number of nitrogens with two attached hydrogens (primary N) is 1. The first-order chi connectivity index (χ1) is 8.62. The van der Waals surface area contributed by atoms with Crippen molar-refractivity contribution in [1.82, 2.24) is 4.98 Å². The molecule has 0 spiro atoms. The Hall–Kier alpha value is -1.16. The van der Waals surface area contributed by atoms with Gasteiger partial charge >= 0.3 is 0 Å². The minimum atomic E-state index is 0.430.